The highest BCUT2D eigenvalue weighted by molar-refractivity contribution is 6.30. The topological polar surface area (TPSA) is 35.5 Å². The zero-order valence-electron chi connectivity index (χ0n) is 10.4. The van der Waals surface area contributed by atoms with Gasteiger partial charge in [-0.2, -0.15) is 0 Å². The number of methoxy groups -OCH3 is 1. The van der Waals surface area contributed by atoms with Crippen molar-refractivity contribution in [2.75, 3.05) is 13.7 Å². The normalized spacial score (nSPS) is 16.8. The van der Waals surface area contributed by atoms with E-state index in [2.05, 4.69) is 0 Å². The molecule has 98 valence electrons. The van der Waals surface area contributed by atoms with Crippen molar-refractivity contribution >= 4 is 17.6 Å². The average molecular weight is 269 g/mol. The van der Waals surface area contributed by atoms with Gasteiger partial charge in [0, 0.05) is 5.02 Å². The molecular weight excluding hydrogens is 252 g/mol. The molecule has 0 aromatic heterocycles. The monoisotopic (exact) mass is 268 g/mol. The standard InChI is InChI=1S/C14H17ClO3/c1-17-14(16)13(10-3-2-4-10)9-18-12-7-5-11(15)6-8-12/h5-8,10,13H,2-4,9H2,1H3. The molecule has 0 bridgehead atoms. The fourth-order valence-electron chi connectivity index (χ4n) is 2.11. The summed E-state index contributed by atoms with van der Waals surface area (Å²) in [6.45, 7) is 0.374. The van der Waals surface area contributed by atoms with E-state index in [1.807, 2.05) is 0 Å². The Bertz CT molecular complexity index is 398. The van der Waals surface area contributed by atoms with Crippen LogP contribution in [0.1, 0.15) is 19.3 Å². The third-order valence-electron chi connectivity index (χ3n) is 3.47. The number of ether oxygens (including phenoxy) is 2. The van der Waals surface area contributed by atoms with E-state index in [4.69, 9.17) is 21.1 Å². The summed E-state index contributed by atoms with van der Waals surface area (Å²) >= 11 is 5.80. The van der Waals surface area contributed by atoms with Crippen LogP contribution >= 0.6 is 11.6 Å². The van der Waals surface area contributed by atoms with Gasteiger partial charge >= 0.3 is 5.97 Å². The Kier molecular flexibility index (Phi) is 4.48. The number of hydrogen-bond donors (Lipinski definition) is 0. The number of rotatable bonds is 5. The molecule has 4 heteroatoms. The molecule has 1 unspecified atom stereocenters. The number of hydrogen-bond acceptors (Lipinski definition) is 3. The van der Waals surface area contributed by atoms with Crippen LogP contribution in [0.2, 0.25) is 5.02 Å². The van der Waals surface area contributed by atoms with Crippen molar-refractivity contribution in [1.82, 2.24) is 0 Å². The predicted molar refractivity (Wildman–Crippen MR) is 69.8 cm³/mol. The van der Waals surface area contributed by atoms with E-state index in [0.29, 0.717) is 17.5 Å². The number of benzene rings is 1. The SMILES string of the molecule is COC(=O)C(COc1ccc(Cl)cc1)C1CCC1. The Morgan fingerprint density at radius 2 is 2.06 bits per heavy atom. The summed E-state index contributed by atoms with van der Waals surface area (Å²) in [6.07, 6.45) is 3.37. The van der Waals surface area contributed by atoms with Crippen LogP contribution in [-0.2, 0) is 9.53 Å². The second-order valence-electron chi connectivity index (χ2n) is 4.59. The van der Waals surface area contributed by atoms with Crippen molar-refractivity contribution in [3.8, 4) is 5.75 Å². The first-order valence-electron chi connectivity index (χ1n) is 6.17. The summed E-state index contributed by atoms with van der Waals surface area (Å²) in [6, 6.07) is 7.15. The highest BCUT2D eigenvalue weighted by Gasteiger charge is 2.33. The molecule has 0 radical (unpaired) electrons. The molecule has 0 spiro atoms. The lowest BCUT2D eigenvalue weighted by atomic mass is 9.76. The van der Waals surface area contributed by atoms with Gasteiger partial charge < -0.3 is 9.47 Å². The van der Waals surface area contributed by atoms with Crippen molar-refractivity contribution in [1.29, 1.82) is 0 Å². The molecule has 1 saturated carbocycles. The lowest BCUT2D eigenvalue weighted by molar-refractivity contribution is -0.150. The zero-order chi connectivity index (χ0) is 13.0. The van der Waals surface area contributed by atoms with E-state index >= 15 is 0 Å². The van der Waals surface area contributed by atoms with Crippen molar-refractivity contribution in [3.05, 3.63) is 29.3 Å². The van der Waals surface area contributed by atoms with Gasteiger partial charge in [0.25, 0.3) is 0 Å². The predicted octanol–water partition coefficient (Wildman–Crippen LogP) is 3.31. The molecule has 1 aliphatic carbocycles. The summed E-state index contributed by atoms with van der Waals surface area (Å²) in [5.74, 6) is 0.811. The molecule has 18 heavy (non-hydrogen) atoms. The van der Waals surface area contributed by atoms with E-state index in [1.165, 1.54) is 13.5 Å². The first-order chi connectivity index (χ1) is 8.70. The molecule has 2 rings (SSSR count). The molecule has 0 N–H and O–H groups in total. The van der Waals surface area contributed by atoms with Crippen molar-refractivity contribution in [3.63, 3.8) is 0 Å². The quantitative estimate of drug-likeness (QED) is 0.769. The Labute approximate surface area is 112 Å². The third-order valence-corrected chi connectivity index (χ3v) is 3.72. The molecule has 1 aromatic rings. The van der Waals surface area contributed by atoms with E-state index in [0.717, 1.165) is 18.6 Å². The van der Waals surface area contributed by atoms with E-state index in [9.17, 15) is 4.79 Å². The van der Waals surface area contributed by atoms with Crippen LogP contribution in [0.25, 0.3) is 0 Å². The van der Waals surface area contributed by atoms with Gasteiger partial charge in [-0.25, -0.2) is 0 Å². The Balaban J connectivity index is 1.92. The van der Waals surface area contributed by atoms with Crippen LogP contribution in [0, 0.1) is 11.8 Å². The second-order valence-corrected chi connectivity index (χ2v) is 5.02. The molecule has 1 atom stereocenters. The van der Waals surface area contributed by atoms with Crippen molar-refractivity contribution in [2.24, 2.45) is 11.8 Å². The van der Waals surface area contributed by atoms with Crippen molar-refractivity contribution < 1.29 is 14.3 Å². The van der Waals surface area contributed by atoms with E-state index in [1.54, 1.807) is 24.3 Å². The lowest BCUT2D eigenvalue weighted by Crippen LogP contribution is -2.34. The first kappa shape index (κ1) is 13.2. The van der Waals surface area contributed by atoms with Gasteiger partial charge in [-0.15, -0.1) is 0 Å². The van der Waals surface area contributed by atoms with Crippen LogP contribution in [0.3, 0.4) is 0 Å². The Morgan fingerprint density at radius 3 is 2.56 bits per heavy atom. The van der Waals surface area contributed by atoms with Gasteiger partial charge in [-0.05, 0) is 43.0 Å². The van der Waals surface area contributed by atoms with Crippen LogP contribution in [0.5, 0.6) is 5.75 Å². The number of carbonyl (C=O) groups is 1. The fraction of sp³-hybridized carbons (Fsp3) is 0.500. The molecule has 0 aliphatic heterocycles. The molecule has 1 aliphatic rings. The Hall–Kier alpha value is -1.22. The largest absolute Gasteiger partial charge is 0.493 e. The van der Waals surface area contributed by atoms with Gasteiger partial charge in [-0.3, -0.25) is 4.79 Å². The van der Waals surface area contributed by atoms with Crippen molar-refractivity contribution in [2.45, 2.75) is 19.3 Å². The molecule has 1 fully saturated rings. The first-order valence-corrected chi connectivity index (χ1v) is 6.54. The fourth-order valence-corrected chi connectivity index (χ4v) is 2.23. The second kappa shape index (κ2) is 6.10. The van der Waals surface area contributed by atoms with Crippen LogP contribution in [0.4, 0.5) is 0 Å². The van der Waals surface area contributed by atoms with Crippen LogP contribution in [-0.4, -0.2) is 19.7 Å². The molecular formula is C14H17ClO3. The molecule has 3 nitrogen and oxygen atoms in total. The maximum atomic E-state index is 11.7. The third kappa shape index (κ3) is 3.16. The molecule has 0 saturated heterocycles. The number of carbonyl (C=O) groups excluding carboxylic acids is 1. The minimum absolute atomic E-state index is 0.153. The number of esters is 1. The van der Waals surface area contributed by atoms with E-state index in [-0.39, 0.29) is 11.9 Å². The summed E-state index contributed by atoms with van der Waals surface area (Å²) in [5, 5.41) is 0.672. The maximum absolute atomic E-state index is 11.7. The highest BCUT2D eigenvalue weighted by Crippen LogP contribution is 2.34. The lowest BCUT2D eigenvalue weighted by Gasteiger charge is -2.31. The minimum Gasteiger partial charge on any atom is -0.493 e. The van der Waals surface area contributed by atoms with Gasteiger partial charge in [0.1, 0.15) is 12.4 Å². The van der Waals surface area contributed by atoms with Crippen LogP contribution < -0.4 is 4.74 Å². The highest BCUT2D eigenvalue weighted by atomic mass is 35.5. The van der Waals surface area contributed by atoms with E-state index < -0.39 is 0 Å². The molecule has 1 aromatic carbocycles. The Morgan fingerprint density at radius 1 is 1.39 bits per heavy atom. The number of halogens is 1. The molecule has 0 heterocycles. The van der Waals surface area contributed by atoms with Gasteiger partial charge in [-0.1, -0.05) is 18.0 Å². The average Bonchev–Trinajstić information content (AvgIpc) is 2.33. The zero-order valence-corrected chi connectivity index (χ0v) is 11.2. The summed E-state index contributed by atoms with van der Waals surface area (Å²) in [4.78, 5) is 11.7. The molecule has 0 amide bonds. The summed E-state index contributed by atoms with van der Waals surface area (Å²) in [7, 11) is 1.43. The van der Waals surface area contributed by atoms with Gasteiger partial charge in [0.05, 0.1) is 13.0 Å². The van der Waals surface area contributed by atoms with Gasteiger partial charge in [0.2, 0.25) is 0 Å². The van der Waals surface area contributed by atoms with Crippen LogP contribution in [0.15, 0.2) is 24.3 Å². The maximum Gasteiger partial charge on any atom is 0.312 e. The summed E-state index contributed by atoms with van der Waals surface area (Å²) < 4.78 is 10.5. The smallest absolute Gasteiger partial charge is 0.312 e. The van der Waals surface area contributed by atoms with Gasteiger partial charge in [0.15, 0.2) is 0 Å². The minimum atomic E-state index is -0.173. The summed E-state index contributed by atoms with van der Waals surface area (Å²) in [5.41, 5.74) is 0.